The third-order valence-corrected chi connectivity index (χ3v) is 6.23. The van der Waals surface area contributed by atoms with Gasteiger partial charge in [0.2, 0.25) is 0 Å². The molecule has 1 fully saturated rings. The number of thioether (sulfide) groups is 1. The first-order valence-electron chi connectivity index (χ1n) is 10.4. The minimum Gasteiger partial charge on any atom is -0.493 e. The second kappa shape index (κ2) is 10.6. The number of thiocarbonyl (C=S) groups is 1. The molecule has 0 radical (unpaired) electrons. The van der Waals surface area contributed by atoms with E-state index in [0.717, 1.165) is 22.6 Å². The largest absolute Gasteiger partial charge is 0.493 e. The van der Waals surface area contributed by atoms with Gasteiger partial charge in [0.05, 0.1) is 17.7 Å². The molecule has 1 saturated heterocycles. The van der Waals surface area contributed by atoms with Crippen LogP contribution in [0.3, 0.4) is 0 Å². The number of benzene rings is 3. The van der Waals surface area contributed by atoms with Crippen molar-refractivity contribution in [3.05, 3.63) is 88.8 Å². The first-order chi connectivity index (χ1) is 16.0. The summed E-state index contributed by atoms with van der Waals surface area (Å²) in [5, 5.41) is 0. The van der Waals surface area contributed by atoms with Gasteiger partial charge in [0.15, 0.2) is 15.8 Å². The number of rotatable bonds is 8. The highest BCUT2D eigenvalue weighted by Gasteiger charge is 2.33. The fourth-order valence-corrected chi connectivity index (χ4v) is 4.56. The Morgan fingerprint density at radius 3 is 2.39 bits per heavy atom. The standard InChI is InChI=1S/C26H23NO4S2/c1-18-8-11-20(12-9-18)27-25(28)24(33-26(27)32)17-19-10-13-22(23(16-19)29-2)31-15-14-30-21-6-4-3-5-7-21/h3-13,16-17H,14-15H2,1-2H3/b24-17-. The van der Waals surface area contributed by atoms with Crippen LogP contribution in [-0.4, -0.2) is 30.6 Å². The molecule has 1 aliphatic rings. The lowest BCUT2D eigenvalue weighted by Gasteiger charge is -2.14. The van der Waals surface area contributed by atoms with E-state index in [9.17, 15) is 4.79 Å². The summed E-state index contributed by atoms with van der Waals surface area (Å²) < 4.78 is 17.5. The van der Waals surface area contributed by atoms with E-state index in [1.807, 2.05) is 85.8 Å². The van der Waals surface area contributed by atoms with Crippen molar-refractivity contribution in [2.45, 2.75) is 6.92 Å². The molecule has 0 aromatic heterocycles. The van der Waals surface area contributed by atoms with E-state index in [1.165, 1.54) is 11.8 Å². The van der Waals surface area contributed by atoms with Crippen LogP contribution in [0.4, 0.5) is 5.69 Å². The van der Waals surface area contributed by atoms with E-state index in [2.05, 4.69) is 0 Å². The Balaban J connectivity index is 1.43. The van der Waals surface area contributed by atoms with E-state index >= 15 is 0 Å². The predicted octanol–water partition coefficient (Wildman–Crippen LogP) is 5.87. The maximum Gasteiger partial charge on any atom is 0.270 e. The average molecular weight is 478 g/mol. The molecular weight excluding hydrogens is 454 g/mol. The summed E-state index contributed by atoms with van der Waals surface area (Å²) in [7, 11) is 1.59. The molecule has 168 valence electrons. The van der Waals surface area contributed by atoms with Gasteiger partial charge in [-0.1, -0.05) is 65.9 Å². The number of hydrogen-bond donors (Lipinski definition) is 0. The Hall–Kier alpha value is -3.29. The Morgan fingerprint density at radius 1 is 0.939 bits per heavy atom. The minimum atomic E-state index is -0.133. The molecule has 1 aliphatic heterocycles. The molecule has 5 nitrogen and oxygen atoms in total. The molecule has 0 atom stereocenters. The Labute approximate surface area is 203 Å². The highest BCUT2D eigenvalue weighted by molar-refractivity contribution is 8.27. The Bertz CT molecular complexity index is 1180. The SMILES string of the molecule is COc1cc(/C=C2\SC(=S)N(c3ccc(C)cc3)C2=O)ccc1OCCOc1ccccc1. The van der Waals surface area contributed by atoms with Gasteiger partial charge in [-0.25, -0.2) is 0 Å². The van der Waals surface area contributed by atoms with Gasteiger partial charge in [-0.2, -0.15) is 0 Å². The van der Waals surface area contributed by atoms with Gasteiger partial charge in [0.25, 0.3) is 5.91 Å². The maximum atomic E-state index is 13.0. The van der Waals surface area contributed by atoms with Crippen LogP contribution in [0.5, 0.6) is 17.2 Å². The highest BCUT2D eigenvalue weighted by Crippen LogP contribution is 2.37. The topological polar surface area (TPSA) is 48.0 Å². The second-order valence-electron chi connectivity index (χ2n) is 7.27. The summed E-state index contributed by atoms with van der Waals surface area (Å²) in [6.45, 7) is 2.79. The molecule has 7 heteroatoms. The molecule has 0 bridgehead atoms. The van der Waals surface area contributed by atoms with Gasteiger partial charge >= 0.3 is 0 Å². The summed E-state index contributed by atoms with van der Waals surface area (Å²) in [4.78, 5) is 15.1. The van der Waals surface area contributed by atoms with Crippen LogP contribution in [0.15, 0.2) is 77.7 Å². The number of carbonyl (C=O) groups excluding carboxylic acids is 1. The van der Waals surface area contributed by atoms with Crippen LogP contribution in [-0.2, 0) is 4.79 Å². The number of hydrogen-bond acceptors (Lipinski definition) is 6. The zero-order valence-electron chi connectivity index (χ0n) is 18.3. The predicted molar refractivity (Wildman–Crippen MR) is 137 cm³/mol. The number of carbonyl (C=O) groups is 1. The monoisotopic (exact) mass is 477 g/mol. The van der Waals surface area contributed by atoms with Gasteiger partial charge in [-0.15, -0.1) is 0 Å². The molecule has 3 aromatic rings. The van der Waals surface area contributed by atoms with Crippen molar-refractivity contribution in [3.8, 4) is 17.2 Å². The van der Waals surface area contributed by atoms with Crippen molar-refractivity contribution >= 4 is 46.0 Å². The van der Waals surface area contributed by atoms with Gasteiger partial charge in [-0.05, 0) is 55.0 Å². The molecule has 0 unspecified atom stereocenters. The van der Waals surface area contributed by atoms with Crippen LogP contribution in [0, 0.1) is 6.92 Å². The number of anilines is 1. The van der Waals surface area contributed by atoms with E-state index in [1.54, 1.807) is 12.0 Å². The molecule has 3 aromatic carbocycles. The molecular formula is C26H23NO4S2. The van der Waals surface area contributed by atoms with Gasteiger partial charge < -0.3 is 14.2 Å². The van der Waals surface area contributed by atoms with Crippen molar-refractivity contribution in [2.24, 2.45) is 0 Å². The highest BCUT2D eigenvalue weighted by atomic mass is 32.2. The summed E-state index contributed by atoms with van der Waals surface area (Å²) in [6, 6.07) is 22.9. The third-order valence-electron chi connectivity index (χ3n) is 4.92. The fourth-order valence-electron chi connectivity index (χ4n) is 3.26. The normalized spacial score (nSPS) is 14.6. The molecule has 0 spiro atoms. The van der Waals surface area contributed by atoms with E-state index in [4.69, 9.17) is 26.4 Å². The van der Waals surface area contributed by atoms with Crippen molar-refractivity contribution in [3.63, 3.8) is 0 Å². The smallest absolute Gasteiger partial charge is 0.270 e. The molecule has 0 aliphatic carbocycles. The molecule has 0 N–H and O–H groups in total. The molecule has 1 heterocycles. The maximum absolute atomic E-state index is 13.0. The van der Waals surface area contributed by atoms with Gasteiger partial charge in [0, 0.05) is 0 Å². The number of aryl methyl sites for hydroxylation is 1. The van der Waals surface area contributed by atoms with Crippen LogP contribution in [0.25, 0.3) is 6.08 Å². The zero-order valence-corrected chi connectivity index (χ0v) is 19.9. The van der Waals surface area contributed by atoms with Crippen molar-refractivity contribution in [2.75, 3.05) is 25.2 Å². The third kappa shape index (κ3) is 5.56. The number of ether oxygens (including phenoxy) is 3. The Morgan fingerprint density at radius 2 is 1.67 bits per heavy atom. The van der Waals surface area contributed by atoms with Gasteiger partial charge in [0.1, 0.15) is 19.0 Å². The van der Waals surface area contributed by atoms with Crippen molar-refractivity contribution in [1.82, 2.24) is 0 Å². The number of nitrogens with zero attached hydrogens (tertiary/aromatic N) is 1. The lowest BCUT2D eigenvalue weighted by Crippen LogP contribution is -2.27. The average Bonchev–Trinajstić information content (AvgIpc) is 3.11. The van der Waals surface area contributed by atoms with E-state index < -0.39 is 0 Å². The quantitative estimate of drug-likeness (QED) is 0.230. The van der Waals surface area contributed by atoms with Crippen LogP contribution in [0.2, 0.25) is 0 Å². The van der Waals surface area contributed by atoms with Crippen molar-refractivity contribution < 1.29 is 19.0 Å². The van der Waals surface area contributed by atoms with Crippen LogP contribution >= 0.6 is 24.0 Å². The number of amides is 1. The summed E-state index contributed by atoms with van der Waals surface area (Å²) in [6.07, 6.45) is 1.82. The fraction of sp³-hybridized carbons (Fsp3) is 0.154. The Kier molecular flexibility index (Phi) is 7.32. The van der Waals surface area contributed by atoms with Crippen LogP contribution in [0.1, 0.15) is 11.1 Å². The summed E-state index contributed by atoms with van der Waals surface area (Å²) in [5.74, 6) is 1.86. The number of para-hydroxylation sites is 1. The molecule has 33 heavy (non-hydrogen) atoms. The van der Waals surface area contributed by atoms with E-state index in [-0.39, 0.29) is 5.91 Å². The summed E-state index contributed by atoms with van der Waals surface area (Å²) in [5.41, 5.74) is 2.72. The minimum absolute atomic E-state index is 0.133. The first kappa shape index (κ1) is 22.9. The first-order valence-corrected chi connectivity index (χ1v) is 11.6. The number of methoxy groups -OCH3 is 1. The van der Waals surface area contributed by atoms with E-state index in [0.29, 0.717) is 33.9 Å². The van der Waals surface area contributed by atoms with Crippen LogP contribution < -0.4 is 19.1 Å². The van der Waals surface area contributed by atoms with Crippen molar-refractivity contribution in [1.29, 1.82) is 0 Å². The zero-order chi connectivity index (χ0) is 23.2. The molecule has 0 saturated carbocycles. The second-order valence-corrected chi connectivity index (χ2v) is 8.95. The molecule has 4 rings (SSSR count). The van der Waals surface area contributed by atoms with Gasteiger partial charge in [-0.3, -0.25) is 9.69 Å². The lowest BCUT2D eigenvalue weighted by atomic mass is 10.1. The summed E-state index contributed by atoms with van der Waals surface area (Å²) >= 11 is 6.75. The molecule has 1 amide bonds. The lowest BCUT2D eigenvalue weighted by molar-refractivity contribution is -0.113.